The Labute approximate surface area is 198 Å². The summed E-state index contributed by atoms with van der Waals surface area (Å²) in [6.45, 7) is 1.47. The Kier molecular flexibility index (Phi) is 5.84. The van der Waals surface area contributed by atoms with Crippen LogP contribution in [0, 0.1) is 11.6 Å². The Morgan fingerprint density at radius 1 is 0.971 bits per heavy atom. The van der Waals surface area contributed by atoms with Crippen LogP contribution in [-0.4, -0.2) is 36.8 Å². The zero-order chi connectivity index (χ0) is 24.4. The Hall–Kier alpha value is -4.73. The lowest BCUT2D eigenvalue weighted by Gasteiger charge is -2.15. The number of nitrogens with one attached hydrogen (secondary N) is 1. The molecule has 1 unspecified atom stereocenters. The first-order valence-corrected chi connectivity index (χ1v) is 10.6. The number of rotatable bonds is 6. The van der Waals surface area contributed by atoms with Crippen molar-refractivity contribution in [2.75, 3.05) is 5.32 Å². The fourth-order valence-corrected chi connectivity index (χ4v) is 3.41. The van der Waals surface area contributed by atoms with E-state index in [-0.39, 0.29) is 5.75 Å². The number of fused-ring (bicyclic) bond motifs is 1. The van der Waals surface area contributed by atoms with Crippen LogP contribution >= 0.6 is 0 Å². The van der Waals surface area contributed by atoms with Crippen LogP contribution in [0.5, 0.6) is 5.75 Å². The Balaban J connectivity index is 1.36. The molecule has 0 fully saturated rings. The second kappa shape index (κ2) is 9.26. The second-order valence-electron chi connectivity index (χ2n) is 7.63. The molecule has 3 heterocycles. The Morgan fingerprint density at radius 2 is 1.86 bits per heavy atom. The molecule has 0 aliphatic heterocycles. The molecule has 1 amide bonds. The number of carbonyl (C=O) groups is 1. The number of halogens is 2. The summed E-state index contributed by atoms with van der Waals surface area (Å²) in [6, 6.07) is 19.1. The predicted molar refractivity (Wildman–Crippen MR) is 125 cm³/mol. The predicted octanol–water partition coefficient (Wildman–Crippen LogP) is 4.54. The van der Waals surface area contributed by atoms with E-state index in [0.717, 1.165) is 17.7 Å². The standard InChI is InChI=1S/C25H18F2N6O2/c1-15(35-22-10-8-17(26)14-19(22)27)25(34)29-18-6-4-5-16(13-18)20-9-11-23-30-31-24(33(23)32-20)21-7-2-3-12-28-21/h2-15H,1H3,(H,29,34). The molecular formula is C25H18F2N6O2. The molecule has 8 nitrogen and oxygen atoms in total. The quantitative estimate of drug-likeness (QED) is 0.390. The molecule has 5 rings (SSSR count). The molecule has 1 atom stereocenters. The number of pyridine rings is 1. The van der Waals surface area contributed by atoms with E-state index in [0.29, 0.717) is 34.6 Å². The summed E-state index contributed by atoms with van der Waals surface area (Å²) in [4.78, 5) is 16.9. The van der Waals surface area contributed by atoms with Gasteiger partial charge < -0.3 is 10.1 Å². The molecule has 174 valence electrons. The molecular weight excluding hydrogens is 454 g/mol. The number of benzene rings is 2. The normalized spacial score (nSPS) is 11.9. The van der Waals surface area contributed by atoms with Crippen molar-refractivity contribution in [3.05, 3.63) is 90.6 Å². The first-order chi connectivity index (χ1) is 17.0. The maximum absolute atomic E-state index is 13.8. The summed E-state index contributed by atoms with van der Waals surface area (Å²) in [5.74, 6) is -1.81. The van der Waals surface area contributed by atoms with Gasteiger partial charge in [-0.25, -0.2) is 8.78 Å². The number of anilines is 1. The van der Waals surface area contributed by atoms with Gasteiger partial charge in [0.1, 0.15) is 11.5 Å². The fourth-order valence-electron chi connectivity index (χ4n) is 3.41. The highest BCUT2D eigenvalue weighted by molar-refractivity contribution is 5.94. The summed E-state index contributed by atoms with van der Waals surface area (Å²) in [6.07, 6.45) is 0.646. The van der Waals surface area contributed by atoms with Crippen molar-refractivity contribution in [3.8, 4) is 28.5 Å². The largest absolute Gasteiger partial charge is 0.478 e. The van der Waals surface area contributed by atoms with Crippen molar-refractivity contribution in [1.82, 2.24) is 24.8 Å². The third-order valence-electron chi connectivity index (χ3n) is 5.15. The molecule has 0 radical (unpaired) electrons. The number of carbonyl (C=O) groups excluding carboxylic acids is 1. The number of amides is 1. The van der Waals surface area contributed by atoms with Gasteiger partial charge in [0, 0.05) is 23.5 Å². The van der Waals surface area contributed by atoms with Crippen LogP contribution < -0.4 is 10.1 Å². The molecule has 2 aromatic carbocycles. The van der Waals surface area contributed by atoms with Gasteiger partial charge in [0.2, 0.25) is 5.82 Å². The monoisotopic (exact) mass is 472 g/mol. The smallest absolute Gasteiger partial charge is 0.265 e. The lowest BCUT2D eigenvalue weighted by Crippen LogP contribution is -2.30. The van der Waals surface area contributed by atoms with Crippen LogP contribution in [-0.2, 0) is 4.79 Å². The van der Waals surface area contributed by atoms with Gasteiger partial charge in [0.25, 0.3) is 5.91 Å². The number of hydrogen-bond donors (Lipinski definition) is 1. The van der Waals surface area contributed by atoms with Crippen LogP contribution in [0.2, 0.25) is 0 Å². The van der Waals surface area contributed by atoms with E-state index in [2.05, 4.69) is 25.6 Å². The van der Waals surface area contributed by atoms with E-state index in [9.17, 15) is 13.6 Å². The molecule has 1 N–H and O–H groups in total. The average molecular weight is 472 g/mol. The van der Waals surface area contributed by atoms with Crippen LogP contribution in [0.4, 0.5) is 14.5 Å². The van der Waals surface area contributed by atoms with E-state index in [4.69, 9.17) is 4.74 Å². The summed E-state index contributed by atoms with van der Waals surface area (Å²) in [5.41, 5.74) is 3.07. The molecule has 10 heteroatoms. The molecule has 0 aliphatic rings. The van der Waals surface area contributed by atoms with E-state index in [1.165, 1.54) is 6.92 Å². The molecule has 3 aromatic heterocycles. The summed E-state index contributed by atoms with van der Waals surface area (Å²) < 4.78 is 33.9. The molecule has 0 spiro atoms. The van der Waals surface area contributed by atoms with E-state index >= 15 is 0 Å². The molecule has 35 heavy (non-hydrogen) atoms. The summed E-state index contributed by atoms with van der Waals surface area (Å²) in [5, 5.41) is 15.7. The van der Waals surface area contributed by atoms with E-state index < -0.39 is 23.6 Å². The molecule has 0 saturated carbocycles. The minimum Gasteiger partial charge on any atom is -0.478 e. The van der Waals surface area contributed by atoms with Crippen LogP contribution in [0.1, 0.15) is 6.92 Å². The van der Waals surface area contributed by atoms with E-state index in [1.54, 1.807) is 41.0 Å². The number of ether oxygens (including phenoxy) is 1. The fraction of sp³-hybridized carbons (Fsp3) is 0.0800. The maximum atomic E-state index is 13.8. The van der Waals surface area contributed by atoms with Gasteiger partial charge >= 0.3 is 0 Å². The number of aromatic nitrogens is 5. The Bertz CT molecular complexity index is 1520. The van der Waals surface area contributed by atoms with Gasteiger partial charge in [-0.2, -0.15) is 9.61 Å². The van der Waals surface area contributed by atoms with Gasteiger partial charge in [0.15, 0.2) is 23.3 Å². The van der Waals surface area contributed by atoms with Crippen molar-refractivity contribution in [1.29, 1.82) is 0 Å². The molecule has 0 bridgehead atoms. The Morgan fingerprint density at radius 3 is 2.66 bits per heavy atom. The highest BCUT2D eigenvalue weighted by atomic mass is 19.1. The van der Waals surface area contributed by atoms with Crippen molar-refractivity contribution in [2.45, 2.75) is 13.0 Å². The first kappa shape index (κ1) is 22.1. The first-order valence-electron chi connectivity index (χ1n) is 10.6. The number of hydrogen-bond acceptors (Lipinski definition) is 6. The number of nitrogens with zero attached hydrogens (tertiary/aromatic N) is 5. The van der Waals surface area contributed by atoms with Gasteiger partial charge in [-0.1, -0.05) is 18.2 Å². The highest BCUT2D eigenvalue weighted by Crippen LogP contribution is 2.24. The second-order valence-corrected chi connectivity index (χ2v) is 7.63. The third kappa shape index (κ3) is 4.67. The van der Waals surface area contributed by atoms with Gasteiger partial charge in [-0.3, -0.25) is 9.78 Å². The minimum atomic E-state index is -1.02. The van der Waals surface area contributed by atoms with Crippen LogP contribution in [0.25, 0.3) is 28.4 Å². The van der Waals surface area contributed by atoms with Gasteiger partial charge in [-0.05, 0) is 55.5 Å². The zero-order valence-electron chi connectivity index (χ0n) is 18.4. The summed E-state index contributed by atoms with van der Waals surface area (Å²) >= 11 is 0. The van der Waals surface area contributed by atoms with Gasteiger partial charge in [-0.15, -0.1) is 10.2 Å². The molecule has 5 aromatic rings. The van der Waals surface area contributed by atoms with Crippen LogP contribution in [0.3, 0.4) is 0 Å². The van der Waals surface area contributed by atoms with Crippen molar-refractivity contribution in [2.24, 2.45) is 0 Å². The zero-order valence-corrected chi connectivity index (χ0v) is 18.4. The SMILES string of the molecule is CC(Oc1ccc(F)cc1F)C(=O)Nc1cccc(-c2ccc3nnc(-c4ccccn4)n3n2)c1. The highest BCUT2D eigenvalue weighted by Gasteiger charge is 2.18. The maximum Gasteiger partial charge on any atom is 0.265 e. The van der Waals surface area contributed by atoms with E-state index in [1.807, 2.05) is 24.3 Å². The minimum absolute atomic E-state index is 0.210. The lowest BCUT2D eigenvalue weighted by molar-refractivity contribution is -0.122. The van der Waals surface area contributed by atoms with Crippen LogP contribution in [0.15, 0.2) is 79.0 Å². The van der Waals surface area contributed by atoms with Crippen molar-refractivity contribution >= 4 is 17.2 Å². The summed E-state index contributed by atoms with van der Waals surface area (Å²) in [7, 11) is 0. The lowest BCUT2D eigenvalue weighted by atomic mass is 10.1. The van der Waals surface area contributed by atoms with Crippen molar-refractivity contribution in [3.63, 3.8) is 0 Å². The van der Waals surface area contributed by atoms with Gasteiger partial charge in [0.05, 0.1) is 5.69 Å². The third-order valence-corrected chi connectivity index (χ3v) is 5.15. The molecule has 0 aliphatic carbocycles. The topological polar surface area (TPSA) is 94.3 Å². The average Bonchev–Trinajstić information content (AvgIpc) is 3.30. The molecule has 0 saturated heterocycles. The van der Waals surface area contributed by atoms with Crippen molar-refractivity contribution < 1.29 is 18.3 Å².